The summed E-state index contributed by atoms with van der Waals surface area (Å²) in [6.45, 7) is 8.89. The third-order valence-corrected chi connectivity index (χ3v) is 4.52. The predicted octanol–water partition coefficient (Wildman–Crippen LogP) is 4.97. The smallest absolute Gasteiger partial charge is 0.0488 e. The number of benzene rings is 2. The molecule has 0 atom stereocenters. The van der Waals surface area contributed by atoms with Gasteiger partial charge < -0.3 is 14.8 Å². The topological polar surface area (TPSA) is 20.2 Å². The molecule has 0 saturated heterocycles. The Labute approximate surface area is 137 Å². The first-order valence-corrected chi connectivity index (χ1v) is 7.69. The molecule has 1 N–H and O–H groups in total. The summed E-state index contributed by atoms with van der Waals surface area (Å²) >= 11 is 0. The Balaban J connectivity index is 0.00000169. The highest BCUT2D eigenvalue weighted by molar-refractivity contribution is 5.90. The van der Waals surface area contributed by atoms with E-state index in [1.165, 1.54) is 27.7 Å². The third kappa shape index (κ3) is 2.13. The van der Waals surface area contributed by atoms with E-state index in [1.807, 2.05) is 0 Å². The van der Waals surface area contributed by atoms with Gasteiger partial charge in [0.2, 0.25) is 0 Å². The summed E-state index contributed by atoms with van der Waals surface area (Å²) in [5.41, 5.74) is 7.02. The van der Waals surface area contributed by atoms with Crippen LogP contribution in [-0.2, 0) is 13.6 Å². The molecule has 0 spiro atoms. The number of hydrogen-bond donors (Lipinski definition) is 1. The molecule has 0 bridgehead atoms. The molecule has 1 aromatic heterocycles. The van der Waals surface area contributed by atoms with Crippen molar-refractivity contribution in [1.82, 2.24) is 4.57 Å². The summed E-state index contributed by atoms with van der Waals surface area (Å²) in [5.74, 6) is 0. The highest BCUT2D eigenvalue weighted by Gasteiger charge is 2.24. The van der Waals surface area contributed by atoms with E-state index in [4.69, 9.17) is 0 Å². The van der Waals surface area contributed by atoms with Gasteiger partial charge in [0.25, 0.3) is 0 Å². The first-order valence-electron chi connectivity index (χ1n) is 7.69. The highest BCUT2D eigenvalue weighted by atomic mass is 15.2. The lowest BCUT2D eigenvalue weighted by atomic mass is 10.1. The molecule has 116 valence electrons. The second-order valence-electron chi connectivity index (χ2n) is 5.92. The van der Waals surface area contributed by atoms with E-state index in [0.29, 0.717) is 0 Å². The molecule has 1 aliphatic rings. The maximum absolute atomic E-state index is 4.31. The third-order valence-electron chi connectivity index (χ3n) is 4.52. The van der Waals surface area contributed by atoms with Crippen LogP contribution in [0.2, 0.25) is 0 Å². The summed E-state index contributed by atoms with van der Waals surface area (Å²) in [7, 11) is 2.07. The van der Waals surface area contributed by atoms with Crippen LogP contribution in [0.1, 0.15) is 12.6 Å². The Kier molecular flexibility index (Phi) is 3.01. The maximum atomic E-state index is 4.31. The van der Waals surface area contributed by atoms with E-state index >= 15 is 0 Å². The van der Waals surface area contributed by atoms with Crippen molar-refractivity contribution in [3.05, 3.63) is 79.1 Å². The molecule has 2 aromatic carbocycles. The molecule has 0 amide bonds. The van der Waals surface area contributed by atoms with Gasteiger partial charge in [-0.1, -0.05) is 19.2 Å². The van der Waals surface area contributed by atoms with Crippen molar-refractivity contribution >= 4 is 28.0 Å². The first kappa shape index (κ1) is 13.7. The second-order valence-corrected chi connectivity index (χ2v) is 5.92. The largest absolute Gasteiger partial charge is 0.362 e. The van der Waals surface area contributed by atoms with Crippen LogP contribution < -0.4 is 10.2 Å². The van der Waals surface area contributed by atoms with Crippen LogP contribution in [0.5, 0.6) is 0 Å². The quantitative estimate of drug-likeness (QED) is 0.737. The highest BCUT2D eigenvalue weighted by Crippen LogP contribution is 2.38. The number of hydrogen-bond acceptors (Lipinski definition) is 2. The maximum Gasteiger partial charge on any atom is 0.0488 e. The van der Waals surface area contributed by atoms with Crippen molar-refractivity contribution in [2.75, 3.05) is 10.2 Å². The van der Waals surface area contributed by atoms with E-state index in [2.05, 4.69) is 83.7 Å². The van der Waals surface area contributed by atoms with Crippen molar-refractivity contribution < 1.29 is 1.43 Å². The predicted molar refractivity (Wildman–Crippen MR) is 101 cm³/mol. The van der Waals surface area contributed by atoms with Crippen molar-refractivity contribution in [2.24, 2.45) is 7.05 Å². The van der Waals surface area contributed by atoms with Crippen LogP contribution in [-0.4, -0.2) is 4.57 Å². The lowest BCUT2D eigenvalue weighted by Gasteiger charge is -2.19. The minimum atomic E-state index is 0. The summed E-state index contributed by atoms with van der Waals surface area (Å²) in [4.78, 5) is 2.27. The van der Waals surface area contributed by atoms with Crippen LogP contribution in [0.4, 0.5) is 11.4 Å². The van der Waals surface area contributed by atoms with Crippen LogP contribution in [0.3, 0.4) is 0 Å². The molecule has 0 aliphatic carbocycles. The van der Waals surface area contributed by atoms with Crippen LogP contribution in [0.15, 0.2) is 68.0 Å². The fourth-order valence-electron chi connectivity index (χ4n) is 3.29. The Hall–Kier alpha value is -2.94. The number of aryl methyl sites for hydroxylation is 1. The summed E-state index contributed by atoms with van der Waals surface area (Å²) in [5, 5.41) is 4.39. The summed E-state index contributed by atoms with van der Waals surface area (Å²) in [6.07, 6.45) is 3.79. The van der Waals surface area contributed by atoms with Crippen molar-refractivity contribution in [1.29, 1.82) is 0 Å². The van der Waals surface area contributed by atoms with Gasteiger partial charge in [-0.3, -0.25) is 0 Å². The van der Waals surface area contributed by atoms with Gasteiger partial charge in [0.05, 0.1) is 0 Å². The van der Waals surface area contributed by atoms with Gasteiger partial charge in [0.1, 0.15) is 0 Å². The Bertz CT molecular complexity index is 939. The molecule has 3 nitrogen and oxygen atoms in total. The zero-order valence-electron chi connectivity index (χ0n) is 13.2. The second kappa shape index (κ2) is 5.06. The van der Waals surface area contributed by atoms with E-state index in [-0.39, 0.29) is 1.43 Å². The number of aromatic nitrogens is 1. The fraction of sp³-hybridized carbons (Fsp3) is 0.100. The normalized spacial score (nSPS) is 13.4. The van der Waals surface area contributed by atoms with E-state index in [9.17, 15) is 0 Å². The Morgan fingerprint density at radius 2 is 2.04 bits per heavy atom. The molecule has 23 heavy (non-hydrogen) atoms. The molecule has 0 radical (unpaired) electrons. The number of rotatable bonds is 3. The standard InChI is InChI=1S/C20H19N3.H2/c1-4-21-17-6-5-16-13-23(14(2)19(16)12-17)18-7-8-20-15(11-18)9-10-22(20)3;/h4-12,21H,1-2,13H2,3H3;1H. The zero-order chi connectivity index (χ0) is 16.0. The van der Waals surface area contributed by atoms with E-state index in [1.54, 1.807) is 6.20 Å². The number of anilines is 2. The van der Waals surface area contributed by atoms with E-state index in [0.717, 1.165) is 17.9 Å². The van der Waals surface area contributed by atoms with Crippen LogP contribution in [0, 0.1) is 0 Å². The lowest BCUT2D eigenvalue weighted by molar-refractivity contribution is 0.968. The monoisotopic (exact) mass is 303 g/mol. The molecule has 0 unspecified atom stereocenters. The average molecular weight is 303 g/mol. The zero-order valence-corrected chi connectivity index (χ0v) is 13.2. The van der Waals surface area contributed by atoms with Crippen LogP contribution in [0.25, 0.3) is 16.6 Å². The van der Waals surface area contributed by atoms with E-state index < -0.39 is 0 Å². The molecule has 0 saturated carbocycles. The Morgan fingerprint density at radius 3 is 2.87 bits per heavy atom. The fourth-order valence-corrected chi connectivity index (χ4v) is 3.29. The average Bonchev–Trinajstić information content (AvgIpc) is 3.09. The minimum Gasteiger partial charge on any atom is -0.362 e. The van der Waals surface area contributed by atoms with Crippen LogP contribution >= 0.6 is 0 Å². The number of fused-ring (bicyclic) bond motifs is 2. The molecular formula is C20H21N3. The molecular weight excluding hydrogens is 282 g/mol. The molecule has 0 fully saturated rings. The van der Waals surface area contributed by atoms with Gasteiger partial charge in [-0.15, -0.1) is 0 Å². The van der Waals surface area contributed by atoms with Crippen molar-refractivity contribution in [2.45, 2.75) is 6.54 Å². The SMILES string of the molecule is C=CNc1ccc2c(c1)C(=C)N(c1ccc3c(ccn3C)c1)C2.[HH]. The molecule has 3 aromatic rings. The van der Waals surface area contributed by atoms with Crippen molar-refractivity contribution in [3.63, 3.8) is 0 Å². The molecule has 4 rings (SSSR count). The first-order chi connectivity index (χ1) is 11.2. The molecule has 1 aliphatic heterocycles. The van der Waals surface area contributed by atoms with Gasteiger partial charge in [0.15, 0.2) is 0 Å². The van der Waals surface area contributed by atoms with Gasteiger partial charge in [-0.05, 0) is 48.2 Å². The van der Waals surface area contributed by atoms with Gasteiger partial charge in [0, 0.05) is 54.8 Å². The minimum absolute atomic E-state index is 0. The van der Waals surface area contributed by atoms with Gasteiger partial charge in [-0.2, -0.15) is 0 Å². The number of nitrogens with zero attached hydrogens (tertiary/aromatic N) is 2. The summed E-state index contributed by atoms with van der Waals surface area (Å²) < 4.78 is 2.14. The Morgan fingerprint density at radius 1 is 1.17 bits per heavy atom. The lowest BCUT2D eigenvalue weighted by Crippen LogP contribution is -2.12. The van der Waals surface area contributed by atoms with Crippen molar-refractivity contribution in [3.8, 4) is 0 Å². The number of nitrogens with one attached hydrogen (secondary N) is 1. The molecule has 2 heterocycles. The van der Waals surface area contributed by atoms with Gasteiger partial charge in [-0.25, -0.2) is 0 Å². The molecule has 3 heteroatoms. The summed E-state index contributed by atoms with van der Waals surface area (Å²) in [6, 6.07) is 15.1. The van der Waals surface area contributed by atoms with Gasteiger partial charge >= 0.3 is 0 Å².